The normalized spacial score (nSPS) is 17.1. The van der Waals surface area contributed by atoms with Crippen molar-refractivity contribution in [3.63, 3.8) is 0 Å². The molecule has 15 nitrogen and oxygen atoms in total. The minimum Gasteiger partial charge on any atom is -0.481 e. The smallest absolute Gasteiger partial charge is 0.330 e. The molecule has 0 spiro atoms. The summed E-state index contributed by atoms with van der Waals surface area (Å²) in [5.41, 5.74) is 8.70. The summed E-state index contributed by atoms with van der Waals surface area (Å²) in [7, 11) is 0. The number of hydrogen-bond donors (Lipinski definition) is 8. The maximum Gasteiger partial charge on any atom is 0.330 e. The van der Waals surface area contributed by atoms with Gasteiger partial charge >= 0.3 is 11.9 Å². The van der Waals surface area contributed by atoms with Crippen LogP contribution in [0.1, 0.15) is 56.6 Å². The number of carbonyl (C=O) groups is 5. The highest BCUT2D eigenvalue weighted by Gasteiger charge is 2.58. The zero-order chi connectivity index (χ0) is 29.8. The van der Waals surface area contributed by atoms with Gasteiger partial charge in [0.2, 0.25) is 11.8 Å². The van der Waals surface area contributed by atoms with E-state index in [1.54, 1.807) is 20.8 Å². The molecular formula is C23H36N6O9. The summed E-state index contributed by atoms with van der Waals surface area (Å²) in [5.74, 6) is -4.34. The van der Waals surface area contributed by atoms with Crippen molar-refractivity contribution in [3.05, 3.63) is 29.6 Å². The van der Waals surface area contributed by atoms with Crippen molar-refractivity contribution in [2.24, 2.45) is 16.9 Å². The largest absolute Gasteiger partial charge is 0.481 e. The Morgan fingerprint density at radius 2 is 1.71 bits per heavy atom. The molecule has 2 amide bonds. The Balaban J connectivity index is 0.000000712. The molecule has 10 N–H and O–H groups in total. The molecule has 2 rings (SSSR count). The van der Waals surface area contributed by atoms with Crippen molar-refractivity contribution < 1.29 is 44.4 Å². The molecule has 0 unspecified atom stereocenters. The van der Waals surface area contributed by atoms with E-state index < -0.39 is 59.9 Å². The standard InChI is InChI=1S/C14H24N2O6.C7H8N4O.C2H4O2/c1-13(2,3)14(12(21)22)5-4-6-16(14)11(20)9(8-17)15-7-10(18)19;8-6(9)5-2-1-4(3-11-5)7(10)12;1-2(3)4/h9,15,17H,4-8H2,1-3H3,(H,18,19)(H,21,22);1-3H,(H3,8,9)(H2,10,12);1H3,(H,3,4)/t9-,14-;;/m0../s1. The first kappa shape index (κ1) is 33.9. The van der Waals surface area contributed by atoms with Crippen LogP contribution in [0.3, 0.4) is 0 Å². The summed E-state index contributed by atoms with van der Waals surface area (Å²) < 4.78 is 0. The first-order valence-electron chi connectivity index (χ1n) is 11.3. The van der Waals surface area contributed by atoms with Gasteiger partial charge in [0.25, 0.3) is 5.97 Å². The molecule has 1 aliphatic heterocycles. The maximum absolute atomic E-state index is 12.6. The fraction of sp³-hybridized carbons (Fsp3) is 0.522. The summed E-state index contributed by atoms with van der Waals surface area (Å²) in [5, 5.41) is 44.6. The van der Waals surface area contributed by atoms with Crippen LogP contribution in [0.2, 0.25) is 0 Å². The van der Waals surface area contributed by atoms with Crippen molar-refractivity contribution >= 4 is 35.6 Å². The Labute approximate surface area is 219 Å². The average molecular weight is 541 g/mol. The van der Waals surface area contributed by atoms with Crippen LogP contribution in [0.25, 0.3) is 0 Å². The molecule has 1 aliphatic rings. The Morgan fingerprint density at radius 3 is 2.05 bits per heavy atom. The van der Waals surface area contributed by atoms with Gasteiger partial charge in [0, 0.05) is 19.7 Å². The molecule has 38 heavy (non-hydrogen) atoms. The number of primary amides is 1. The number of nitrogens with one attached hydrogen (secondary N) is 2. The molecule has 1 aromatic rings. The van der Waals surface area contributed by atoms with Gasteiger partial charge < -0.3 is 36.8 Å². The number of carboxylic acid groups (broad SMARTS) is 3. The molecule has 0 aliphatic carbocycles. The van der Waals surface area contributed by atoms with E-state index in [9.17, 15) is 29.4 Å². The molecule has 1 fully saturated rings. The summed E-state index contributed by atoms with van der Waals surface area (Å²) in [6.07, 6.45) is 2.17. The van der Waals surface area contributed by atoms with E-state index in [2.05, 4.69) is 10.3 Å². The number of nitrogens with zero attached hydrogens (tertiary/aromatic N) is 2. The van der Waals surface area contributed by atoms with Gasteiger partial charge in [0.05, 0.1) is 18.7 Å². The van der Waals surface area contributed by atoms with Crippen LogP contribution in [0, 0.1) is 10.8 Å². The number of aliphatic carboxylic acids is 3. The molecule has 1 aromatic heterocycles. The zero-order valence-corrected chi connectivity index (χ0v) is 21.7. The highest BCUT2D eigenvalue weighted by atomic mass is 16.4. The molecule has 0 radical (unpaired) electrons. The van der Waals surface area contributed by atoms with Crippen LogP contribution < -0.4 is 16.8 Å². The fourth-order valence-electron chi connectivity index (χ4n) is 3.77. The summed E-state index contributed by atoms with van der Waals surface area (Å²) in [6, 6.07) is 1.82. The molecule has 212 valence electrons. The lowest BCUT2D eigenvalue weighted by Crippen LogP contribution is -2.64. The summed E-state index contributed by atoms with van der Waals surface area (Å²) in [6.45, 7) is 5.54. The van der Waals surface area contributed by atoms with Crippen molar-refractivity contribution in [2.75, 3.05) is 19.7 Å². The van der Waals surface area contributed by atoms with E-state index in [4.69, 9.17) is 31.9 Å². The molecular weight excluding hydrogens is 504 g/mol. The third-order valence-corrected chi connectivity index (χ3v) is 5.55. The van der Waals surface area contributed by atoms with Crippen LogP contribution in [0.5, 0.6) is 0 Å². The third kappa shape index (κ3) is 9.40. The van der Waals surface area contributed by atoms with E-state index in [0.29, 0.717) is 24.1 Å². The highest BCUT2D eigenvalue weighted by Crippen LogP contribution is 2.44. The molecule has 0 saturated carbocycles. The summed E-state index contributed by atoms with van der Waals surface area (Å²) in [4.78, 5) is 59.7. The third-order valence-electron chi connectivity index (χ3n) is 5.55. The molecule has 0 bridgehead atoms. The van der Waals surface area contributed by atoms with E-state index in [1.807, 2.05) is 0 Å². The van der Waals surface area contributed by atoms with E-state index >= 15 is 0 Å². The van der Waals surface area contributed by atoms with Crippen LogP contribution in [0.15, 0.2) is 18.3 Å². The quantitative estimate of drug-likeness (QED) is 0.147. The minimum atomic E-state index is -1.36. The van der Waals surface area contributed by atoms with E-state index in [-0.39, 0.29) is 12.4 Å². The predicted molar refractivity (Wildman–Crippen MR) is 134 cm³/mol. The highest BCUT2D eigenvalue weighted by molar-refractivity contribution is 5.95. The second-order valence-electron chi connectivity index (χ2n) is 9.25. The van der Waals surface area contributed by atoms with Gasteiger partial charge in [-0.3, -0.25) is 34.9 Å². The monoisotopic (exact) mass is 540 g/mol. The van der Waals surface area contributed by atoms with Crippen LogP contribution in [-0.2, 0) is 19.2 Å². The molecule has 1 saturated heterocycles. The Hall–Kier alpha value is -4.11. The van der Waals surface area contributed by atoms with Crippen LogP contribution in [0.4, 0.5) is 0 Å². The SMILES string of the molecule is CC(=O)O.CC(C)(C)[C@@]1(C(=O)O)CCCN1C(=O)[C@H](CO)NCC(=O)O.N=C(N)c1ccc(C(N)=O)cn1. The topological polar surface area (TPSA) is 270 Å². The number of nitrogen functional groups attached to an aromatic ring is 1. The second-order valence-corrected chi connectivity index (χ2v) is 9.25. The number of carboxylic acids is 3. The number of carbonyl (C=O) groups excluding carboxylic acids is 2. The number of rotatable bonds is 8. The van der Waals surface area contributed by atoms with Gasteiger partial charge in [-0.05, 0) is 30.4 Å². The van der Waals surface area contributed by atoms with Crippen molar-refractivity contribution in [3.8, 4) is 0 Å². The number of likely N-dealkylation sites (tertiary alicyclic amines) is 1. The van der Waals surface area contributed by atoms with Crippen LogP contribution >= 0.6 is 0 Å². The fourth-order valence-corrected chi connectivity index (χ4v) is 3.77. The van der Waals surface area contributed by atoms with Crippen LogP contribution in [-0.4, -0.2) is 97.1 Å². The molecule has 0 aromatic carbocycles. The Bertz CT molecular complexity index is 986. The van der Waals surface area contributed by atoms with Crippen molar-refractivity contribution in [1.29, 1.82) is 5.41 Å². The zero-order valence-electron chi connectivity index (χ0n) is 21.7. The number of aliphatic hydroxyl groups excluding tert-OH is 1. The first-order chi connectivity index (χ1) is 17.4. The van der Waals surface area contributed by atoms with Gasteiger partial charge in [-0.25, -0.2) is 4.79 Å². The number of hydrogen-bond acceptors (Lipinski definition) is 9. The van der Waals surface area contributed by atoms with Gasteiger partial charge in [-0.2, -0.15) is 0 Å². The molecule has 2 heterocycles. The van der Waals surface area contributed by atoms with E-state index in [1.165, 1.54) is 23.2 Å². The number of pyridine rings is 1. The van der Waals surface area contributed by atoms with Gasteiger partial charge in [-0.1, -0.05) is 20.8 Å². The van der Waals surface area contributed by atoms with Gasteiger partial charge in [0.1, 0.15) is 23.1 Å². The number of nitrogens with two attached hydrogens (primary N) is 2. The lowest BCUT2D eigenvalue weighted by Gasteiger charge is -2.45. The maximum atomic E-state index is 12.6. The first-order valence-corrected chi connectivity index (χ1v) is 11.3. The predicted octanol–water partition coefficient (Wildman–Crippen LogP) is -0.931. The van der Waals surface area contributed by atoms with Crippen molar-refractivity contribution in [2.45, 2.75) is 52.1 Å². The van der Waals surface area contributed by atoms with Gasteiger partial charge in [-0.15, -0.1) is 0 Å². The Morgan fingerprint density at radius 1 is 1.16 bits per heavy atom. The Kier molecular flexibility index (Phi) is 13.0. The summed E-state index contributed by atoms with van der Waals surface area (Å²) >= 11 is 0. The molecule has 15 heteroatoms. The number of amidine groups is 1. The minimum absolute atomic E-state index is 0.133. The lowest BCUT2D eigenvalue weighted by atomic mass is 9.71. The van der Waals surface area contributed by atoms with E-state index in [0.717, 1.165) is 6.92 Å². The number of aromatic nitrogens is 1. The van der Waals surface area contributed by atoms with Gasteiger partial charge in [0.15, 0.2) is 0 Å². The molecule has 2 atom stereocenters. The average Bonchev–Trinajstić information content (AvgIpc) is 3.26. The lowest BCUT2D eigenvalue weighted by molar-refractivity contribution is -0.166. The van der Waals surface area contributed by atoms with Crippen molar-refractivity contribution in [1.82, 2.24) is 15.2 Å². The number of aliphatic hydroxyl groups is 1. The second kappa shape index (κ2) is 14.6. The number of amides is 2.